The van der Waals surface area contributed by atoms with Crippen molar-refractivity contribution in [3.63, 3.8) is 0 Å². The summed E-state index contributed by atoms with van der Waals surface area (Å²) in [4.78, 5) is 12.2. The molecule has 22 heavy (non-hydrogen) atoms. The van der Waals surface area contributed by atoms with Crippen LogP contribution in [-0.2, 0) is 0 Å². The minimum absolute atomic E-state index is 0.0504. The summed E-state index contributed by atoms with van der Waals surface area (Å²) < 4.78 is 18.0. The molecular formula is C16H12O6. The van der Waals surface area contributed by atoms with E-state index in [9.17, 15) is 20.1 Å². The molecule has 0 aliphatic rings. The van der Waals surface area contributed by atoms with Crippen molar-refractivity contribution >= 4 is 11.0 Å². The monoisotopic (exact) mass is 301 g/mol. The molecule has 0 fully saturated rings. The van der Waals surface area contributed by atoms with Gasteiger partial charge in [-0.15, -0.1) is 0 Å². The topological polar surface area (TPSA) is 100 Å². The number of ether oxygens (including phenoxy) is 1. The summed E-state index contributed by atoms with van der Waals surface area (Å²) in [5, 5.41) is 28.9. The van der Waals surface area contributed by atoms with Crippen molar-refractivity contribution in [2.75, 3.05) is 7.11 Å². The molecule has 1 aromatic heterocycles. The van der Waals surface area contributed by atoms with Crippen LogP contribution >= 0.6 is 0 Å². The summed E-state index contributed by atoms with van der Waals surface area (Å²) in [5.74, 6) is -0.828. The Morgan fingerprint density at radius 3 is 2.64 bits per heavy atom. The molecule has 112 valence electrons. The number of hydrogen-bond acceptors (Lipinski definition) is 6. The third-order valence-corrected chi connectivity index (χ3v) is 3.19. The first-order chi connectivity index (χ1) is 10.9. The van der Waals surface area contributed by atoms with E-state index in [1.807, 2.05) is 0 Å². The van der Waals surface area contributed by atoms with Crippen molar-refractivity contribution in [3.8, 4) is 34.3 Å². The number of phenolic OH excluding ortho intramolecular Hbond substituents is 3. The van der Waals surface area contributed by atoms with Crippen LogP contribution in [-0.4, -0.2) is 22.4 Å². The molecule has 1 heterocycles. The van der Waals surface area contributed by atoms with Crippen LogP contribution in [0.5, 0.6) is 23.0 Å². The number of fused-ring (bicyclic) bond motifs is 1. The fourth-order valence-electron chi connectivity index (χ4n) is 2.16. The Kier molecular flexibility index (Phi) is 2.86. The van der Waals surface area contributed by atoms with Crippen LogP contribution in [0, 0.1) is 0 Å². The second-order valence-electron chi connectivity index (χ2n) is 4.60. The first-order valence-electron chi connectivity index (χ1n) is 6.79. The summed E-state index contributed by atoms with van der Waals surface area (Å²) >= 11 is 0. The van der Waals surface area contributed by atoms with E-state index in [2.05, 4.69) is 0 Å². The fraction of sp³-hybridized carbons (Fsp3) is 0.0625. The molecule has 6 heteroatoms. The normalized spacial score (nSPS) is 11.4. The smallest absolute Gasteiger partial charge is 0.197 e. The molecule has 0 atom stereocenters. The van der Waals surface area contributed by atoms with Gasteiger partial charge in [-0.3, -0.25) is 4.79 Å². The van der Waals surface area contributed by atoms with E-state index in [-0.39, 0.29) is 28.2 Å². The molecule has 3 N–H and O–H groups in total. The van der Waals surface area contributed by atoms with E-state index in [4.69, 9.17) is 10.5 Å². The lowest BCUT2D eigenvalue weighted by molar-refractivity contribution is 0.373. The lowest BCUT2D eigenvalue weighted by atomic mass is 10.1. The molecule has 0 saturated heterocycles. The highest BCUT2D eigenvalue weighted by Gasteiger charge is 2.13. The van der Waals surface area contributed by atoms with Gasteiger partial charge in [0.1, 0.15) is 28.2 Å². The van der Waals surface area contributed by atoms with Crippen LogP contribution in [0.1, 0.15) is 1.37 Å². The molecule has 6 nitrogen and oxygen atoms in total. The highest BCUT2D eigenvalue weighted by molar-refractivity contribution is 5.86. The molecular weight excluding hydrogens is 288 g/mol. The van der Waals surface area contributed by atoms with E-state index in [0.717, 1.165) is 12.1 Å². The van der Waals surface area contributed by atoms with Gasteiger partial charge in [0.25, 0.3) is 0 Å². The highest BCUT2D eigenvalue weighted by Crippen LogP contribution is 2.34. The molecule has 3 rings (SSSR count). The summed E-state index contributed by atoms with van der Waals surface area (Å²) in [6, 6.07) is 6.12. The minimum atomic E-state index is -0.636. The van der Waals surface area contributed by atoms with Crippen LogP contribution < -0.4 is 10.2 Å². The van der Waals surface area contributed by atoms with Crippen LogP contribution in [0.15, 0.2) is 45.6 Å². The lowest BCUT2D eigenvalue weighted by Crippen LogP contribution is -2.00. The Morgan fingerprint density at radius 2 is 1.91 bits per heavy atom. The predicted molar refractivity (Wildman–Crippen MR) is 79.5 cm³/mol. The maximum atomic E-state index is 12.2. The quantitative estimate of drug-likeness (QED) is 0.672. The first-order valence-corrected chi connectivity index (χ1v) is 6.29. The van der Waals surface area contributed by atoms with Crippen LogP contribution in [0.2, 0.25) is 0 Å². The molecule has 0 radical (unpaired) electrons. The van der Waals surface area contributed by atoms with Gasteiger partial charge in [-0.05, 0) is 18.2 Å². The van der Waals surface area contributed by atoms with Gasteiger partial charge >= 0.3 is 0 Å². The van der Waals surface area contributed by atoms with Crippen molar-refractivity contribution in [2.45, 2.75) is 0 Å². The van der Waals surface area contributed by atoms with Gasteiger partial charge in [0.2, 0.25) is 0 Å². The minimum Gasteiger partial charge on any atom is -0.508 e. The predicted octanol–water partition coefficient (Wildman–Crippen LogP) is 2.59. The number of rotatable bonds is 2. The zero-order valence-corrected chi connectivity index (χ0v) is 11.5. The third-order valence-electron chi connectivity index (χ3n) is 3.19. The second-order valence-corrected chi connectivity index (χ2v) is 4.60. The van der Waals surface area contributed by atoms with E-state index in [1.165, 1.54) is 25.3 Å². The summed E-state index contributed by atoms with van der Waals surface area (Å²) in [6.45, 7) is 0. The van der Waals surface area contributed by atoms with Crippen molar-refractivity contribution in [1.29, 1.82) is 0 Å². The Bertz CT molecular complexity index is 976. The molecule has 2 aromatic carbocycles. The molecule has 0 spiro atoms. The fourth-order valence-corrected chi connectivity index (χ4v) is 2.16. The first kappa shape index (κ1) is 12.6. The molecule has 0 bridgehead atoms. The summed E-state index contributed by atoms with van der Waals surface area (Å²) in [7, 11) is 1.39. The van der Waals surface area contributed by atoms with Crippen LogP contribution in [0.25, 0.3) is 22.3 Å². The standard InChI is InChI=1S/C16H12O6/c1-21-14-4-8(2-3-10(14)18)13-7-12(20)16-11(19)5-9(17)6-15(16)22-13/h2-7,17-19H,1H3/i5D. The zero-order chi connectivity index (χ0) is 16.7. The molecule has 3 aromatic rings. The van der Waals surface area contributed by atoms with Gasteiger partial charge in [-0.2, -0.15) is 0 Å². The largest absolute Gasteiger partial charge is 0.508 e. The van der Waals surface area contributed by atoms with E-state index in [1.54, 1.807) is 0 Å². The van der Waals surface area contributed by atoms with E-state index in [0.29, 0.717) is 5.56 Å². The van der Waals surface area contributed by atoms with Gasteiger partial charge < -0.3 is 24.5 Å². The van der Waals surface area contributed by atoms with Crippen LogP contribution in [0.4, 0.5) is 0 Å². The van der Waals surface area contributed by atoms with Gasteiger partial charge in [0.15, 0.2) is 16.9 Å². The SMILES string of the molecule is [2H]c1c(O)cc2oc(-c3ccc(O)c(OC)c3)cc(=O)c2c1O. The average Bonchev–Trinajstić information content (AvgIpc) is 2.52. The van der Waals surface area contributed by atoms with Gasteiger partial charge in [-0.25, -0.2) is 0 Å². The van der Waals surface area contributed by atoms with Crippen molar-refractivity contribution in [3.05, 3.63) is 46.6 Å². The van der Waals surface area contributed by atoms with Crippen molar-refractivity contribution in [2.24, 2.45) is 0 Å². The summed E-state index contributed by atoms with van der Waals surface area (Å²) in [5.41, 5.74) is -0.141. The van der Waals surface area contributed by atoms with Crippen molar-refractivity contribution in [1.82, 2.24) is 0 Å². The van der Waals surface area contributed by atoms with Crippen molar-refractivity contribution < 1.29 is 25.8 Å². The number of methoxy groups -OCH3 is 1. The Hall–Kier alpha value is -3.15. The molecule has 0 saturated carbocycles. The zero-order valence-electron chi connectivity index (χ0n) is 12.5. The van der Waals surface area contributed by atoms with E-state index >= 15 is 0 Å². The number of hydrogen-bond donors (Lipinski definition) is 3. The lowest BCUT2D eigenvalue weighted by Gasteiger charge is -2.08. The van der Waals surface area contributed by atoms with Crippen LogP contribution in [0.3, 0.4) is 0 Å². The van der Waals surface area contributed by atoms with Gasteiger partial charge in [0, 0.05) is 23.7 Å². The molecule has 0 aliphatic carbocycles. The highest BCUT2D eigenvalue weighted by atomic mass is 16.5. The Balaban J connectivity index is 2.29. The maximum Gasteiger partial charge on any atom is 0.197 e. The number of phenols is 3. The Labute approximate surface area is 125 Å². The molecule has 0 unspecified atom stereocenters. The Morgan fingerprint density at radius 1 is 1.14 bits per heavy atom. The third kappa shape index (κ3) is 2.20. The molecule has 0 amide bonds. The summed E-state index contributed by atoms with van der Waals surface area (Å²) in [6.07, 6.45) is 0. The maximum absolute atomic E-state index is 12.2. The van der Waals surface area contributed by atoms with E-state index < -0.39 is 23.0 Å². The molecule has 0 aliphatic heterocycles. The second kappa shape index (κ2) is 5.00. The number of benzene rings is 2. The average molecular weight is 301 g/mol. The van der Waals surface area contributed by atoms with Gasteiger partial charge in [-0.1, -0.05) is 0 Å². The number of aromatic hydroxyl groups is 3. The van der Waals surface area contributed by atoms with Gasteiger partial charge in [0.05, 0.1) is 8.48 Å².